The van der Waals surface area contributed by atoms with Crippen LogP contribution in [0.25, 0.3) is 0 Å². The van der Waals surface area contributed by atoms with E-state index in [1.54, 1.807) is 6.07 Å². The maximum atomic E-state index is 11.3. The van der Waals surface area contributed by atoms with E-state index in [2.05, 4.69) is 5.32 Å². The van der Waals surface area contributed by atoms with E-state index >= 15 is 0 Å². The van der Waals surface area contributed by atoms with Gasteiger partial charge in [-0.15, -0.1) is 12.4 Å². The molecule has 3 nitrogen and oxygen atoms in total. The second kappa shape index (κ2) is 6.44. The molecule has 0 aliphatic carbocycles. The molecule has 18 heavy (non-hydrogen) atoms. The number of nitrogens with one attached hydrogen (secondary N) is 1. The molecule has 0 amide bonds. The van der Waals surface area contributed by atoms with E-state index in [-0.39, 0.29) is 30.0 Å². The Hall–Kier alpha value is -0.000000000000000111. The van der Waals surface area contributed by atoms with Gasteiger partial charge in [-0.05, 0) is 18.1 Å². The molecular formula is C11H14Cl3NO2S. The molecule has 0 saturated carbocycles. The molecular weight excluding hydrogens is 317 g/mol. The van der Waals surface area contributed by atoms with Crippen molar-refractivity contribution in [1.82, 2.24) is 5.32 Å². The summed E-state index contributed by atoms with van der Waals surface area (Å²) in [5.41, 5.74) is 0.892. The molecule has 0 aromatic heterocycles. The minimum Gasteiger partial charge on any atom is -0.309 e. The second-order valence-corrected chi connectivity index (χ2v) is 7.21. The summed E-state index contributed by atoms with van der Waals surface area (Å²) in [7, 11) is -2.84. The highest BCUT2D eigenvalue weighted by molar-refractivity contribution is 7.91. The van der Waals surface area contributed by atoms with Crippen molar-refractivity contribution in [2.24, 2.45) is 0 Å². The fourth-order valence-corrected chi connectivity index (χ4v) is 3.99. The van der Waals surface area contributed by atoms with E-state index in [1.165, 1.54) is 0 Å². The molecule has 0 radical (unpaired) electrons. The van der Waals surface area contributed by atoms with Crippen LogP contribution in [0.3, 0.4) is 0 Å². The monoisotopic (exact) mass is 329 g/mol. The Bertz CT molecular complexity index is 519. The van der Waals surface area contributed by atoms with Crippen molar-refractivity contribution < 1.29 is 8.42 Å². The summed E-state index contributed by atoms with van der Waals surface area (Å²) >= 11 is 11.9. The topological polar surface area (TPSA) is 46.2 Å². The van der Waals surface area contributed by atoms with Crippen LogP contribution in [0.1, 0.15) is 12.0 Å². The summed E-state index contributed by atoms with van der Waals surface area (Å²) in [5, 5.41) is 4.25. The smallest absolute Gasteiger partial charge is 0.151 e. The van der Waals surface area contributed by atoms with E-state index in [9.17, 15) is 8.42 Å². The van der Waals surface area contributed by atoms with Crippen molar-refractivity contribution in [3.8, 4) is 0 Å². The first-order chi connectivity index (χ1) is 7.98. The van der Waals surface area contributed by atoms with Crippen LogP contribution in [0.15, 0.2) is 18.2 Å². The number of sulfone groups is 1. The second-order valence-electron chi connectivity index (χ2n) is 4.19. The molecule has 1 aliphatic heterocycles. The molecule has 1 unspecified atom stereocenters. The normalized spacial score (nSPS) is 21.6. The Morgan fingerprint density at radius 3 is 2.67 bits per heavy atom. The van der Waals surface area contributed by atoms with Gasteiger partial charge in [-0.1, -0.05) is 35.3 Å². The third-order valence-electron chi connectivity index (χ3n) is 2.85. The molecule has 1 heterocycles. The lowest BCUT2D eigenvalue weighted by Crippen LogP contribution is -2.29. The van der Waals surface area contributed by atoms with Gasteiger partial charge in [0.05, 0.1) is 21.6 Å². The Labute approximate surface area is 123 Å². The molecule has 102 valence electrons. The summed E-state index contributed by atoms with van der Waals surface area (Å²) < 4.78 is 22.6. The Balaban J connectivity index is 0.00000162. The fourth-order valence-electron chi connectivity index (χ4n) is 1.90. The maximum Gasteiger partial charge on any atom is 0.151 e. The van der Waals surface area contributed by atoms with Gasteiger partial charge >= 0.3 is 0 Å². The number of halogens is 3. The fraction of sp³-hybridized carbons (Fsp3) is 0.455. The average Bonchev–Trinajstić information content (AvgIpc) is 2.61. The molecule has 1 N–H and O–H groups in total. The van der Waals surface area contributed by atoms with Gasteiger partial charge in [-0.2, -0.15) is 0 Å². The maximum absolute atomic E-state index is 11.3. The van der Waals surface area contributed by atoms with Gasteiger partial charge in [0.1, 0.15) is 0 Å². The zero-order valence-corrected chi connectivity index (χ0v) is 12.7. The van der Waals surface area contributed by atoms with Crippen molar-refractivity contribution in [2.45, 2.75) is 19.0 Å². The predicted octanol–water partition coefficient (Wildman–Crippen LogP) is 2.69. The first-order valence-electron chi connectivity index (χ1n) is 5.34. The van der Waals surface area contributed by atoms with E-state index in [4.69, 9.17) is 23.2 Å². The molecule has 1 aromatic rings. The molecule has 7 heteroatoms. The number of benzene rings is 1. The van der Waals surface area contributed by atoms with Crippen molar-refractivity contribution in [1.29, 1.82) is 0 Å². The molecule has 1 aromatic carbocycles. The summed E-state index contributed by atoms with van der Waals surface area (Å²) in [6.45, 7) is 0.541. The van der Waals surface area contributed by atoms with Crippen molar-refractivity contribution in [3.63, 3.8) is 0 Å². The summed E-state index contributed by atoms with van der Waals surface area (Å²) in [5.74, 6) is 0.485. The summed E-state index contributed by atoms with van der Waals surface area (Å²) in [4.78, 5) is 0. The lowest BCUT2D eigenvalue weighted by Gasteiger charge is -2.12. The van der Waals surface area contributed by atoms with Gasteiger partial charge in [-0.3, -0.25) is 0 Å². The third kappa shape index (κ3) is 4.00. The highest BCUT2D eigenvalue weighted by Crippen LogP contribution is 2.25. The van der Waals surface area contributed by atoms with Crippen LogP contribution in [-0.4, -0.2) is 26.0 Å². The zero-order valence-electron chi connectivity index (χ0n) is 9.53. The molecule has 0 bridgehead atoms. The quantitative estimate of drug-likeness (QED) is 0.927. The van der Waals surface area contributed by atoms with Gasteiger partial charge in [-0.25, -0.2) is 8.42 Å². The number of rotatable bonds is 3. The minimum absolute atomic E-state index is 0. The van der Waals surface area contributed by atoms with Crippen molar-refractivity contribution in [2.75, 3.05) is 11.5 Å². The first-order valence-corrected chi connectivity index (χ1v) is 7.92. The van der Waals surface area contributed by atoms with Crippen LogP contribution in [0.5, 0.6) is 0 Å². The van der Waals surface area contributed by atoms with Gasteiger partial charge in [0.2, 0.25) is 0 Å². The van der Waals surface area contributed by atoms with Crippen LogP contribution in [0, 0.1) is 0 Å². The molecule has 1 fully saturated rings. The lowest BCUT2D eigenvalue weighted by molar-refractivity contribution is 0.554. The Kier molecular flexibility index (Phi) is 5.74. The van der Waals surface area contributed by atoms with E-state index in [0.717, 1.165) is 5.56 Å². The van der Waals surface area contributed by atoms with E-state index in [0.29, 0.717) is 23.0 Å². The first kappa shape index (κ1) is 16.1. The average molecular weight is 331 g/mol. The van der Waals surface area contributed by atoms with Crippen LogP contribution < -0.4 is 5.32 Å². The highest BCUT2D eigenvalue weighted by Gasteiger charge is 2.27. The molecule has 1 aliphatic rings. The molecule has 0 spiro atoms. The number of hydrogen-bond donors (Lipinski definition) is 1. The molecule has 1 saturated heterocycles. The minimum atomic E-state index is -2.84. The predicted molar refractivity (Wildman–Crippen MR) is 77.6 cm³/mol. The lowest BCUT2D eigenvalue weighted by atomic mass is 10.2. The van der Waals surface area contributed by atoms with Gasteiger partial charge in [0.25, 0.3) is 0 Å². The van der Waals surface area contributed by atoms with Crippen LogP contribution in [0.2, 0.25) is 10.0 Å². The number of hydrogen-bond acceptors (Lipinski definition) is 3. The van der Waals surface area contributed by atoms with Crippen LogP contribution >= 0.6 is 35.6 Å². The standard InChI is InChI=1S/C11H13Cl2NO2S.ClH/c12-10-3-1-2-8(11(10)13)6-14-9-4-5-17(15,16)7-9;/h1-3,9,14H,4-7H2;1H. The van der Waals surface area contributed by atoms with Crippen LogP contribution in [0.4, 0.5) is 0 Å². The SMILES string of the molecule is Cl.O=S1(=O)CCC(NCc2cccc(Cl)c2Cl)C1. The summed E-state index contributed by atoms with van der Waals surface area (Å²) in [6, 6.07) is 5.46. The van der Waals surface area contributed by atoms with Gasteiger partial charge in [0, 0.05) is 12.6 Å². The van der Waals surface area contributed by atoms with Gasteiger partial charge in [0.15, 0.2) is 9.84 Å². The Morgan fingerprint density at radius 1 is 1.33 bits per heavy atom. The van der Waals surface area contributed by atoms with Gasteiger partial charge < -0.3 is 5.32 Å². The molecule has 2 rings (SSSR count). The zero-order chi connectivity index (χ0) is 12.5. The van der Waals surface area contributed by atoms with Crippen molar-refractivity contribution >= 4 is 45.4 Å². The largest absolute Gasteiger partial charge is 0.309 e. The van der Waals surface area contributed by atoms with E-state index in [1.807, 2.05) is 12.1 Å². The third-order valence-corrected chi connectivity index (χ3v) is 5.47. The highest BCUT2D eigenvalue weighted by atomic mass is 35.5. The van der Waals surface area contributed by atoms with Crippen LogP contribution in [-0.2, 0) is 16.4 Å². The van der Waals surface area contributed by atoms with Crippen molar-refractivity contribution in [3.05, 3.63) is 33.8 Å². The molecule has 1 atom stereocenters. The summed E-state index contributed by atoms with van der Waals surface area (Å²) in [6.07, 6.45) is 0.667. The Morgan fingerprint density at radius 2 is 2.06 bits per heavy atom. The van der Waals surface area contributed by atoms with E-state index < -0.39 is 9.84 Å².